The van der Waals surface area contributed by atoms with Crippen molar-refractivity contribution in [3.63, 3.8) is 0 Å². The molecule has 21 heavy (non-hydrogen) atoms. The van der Waals surface area contributed by atoms with E-state index in [1.807, 2.05) is 6.07 Å². The van der Waals surface area contributed by atoms with Crippen molar-refractivity contribution in [3.05, 3.63) is 35.9 Å². The largest absolute Gasteiger partial charge is 0.395 e. The molecule has 2 rings (SSSR count). The van der Waals surface area contributed by atoms with Gasteiger partial charge < -0.3 is 15.3 Å². The maximum absolute atomic E-state index is 12.3. The van der Waals surface area contributed by atoms with Gasteiger partial charge in [0, 0.05) is 13.6 Å². The zero-order valence-electron chi connectivity index (χ0n) is 12.8. The fourth-order valence-electron chi connectivity index (χ4n) is 2.99. The van der Waals surface area contributed by atoms with Gasteiger partial charge in [0.25, 0.3) is 0 Å². The highest BCUT2D eigenvalue weighted by Crippen LogP contribution is 2.22. The number of carbonyl (C=O) groups excluding carboxylic acids is 1. The molecule has 2 N–H and O–H groups in total. The molecule has 116 valence electrons. The molecule has 1 aliphatic heterocycles. The smallest absolute Gasteiger partial charge is 0.239 e. The highest BCUT2D eigenvalue weighted by atomic mass is 16.3. The SMILES string of the molecule is CN(CCO)C(=O)C1CC(CCc2ccccc2)CCN1. The van der Waals surface area contributed by atoms with Gasteiger partial charge in [-0.05, 0) is 43.7 Å². The average molecular weight is 290 g/mol. The van der Waals surface area contributed by atoms with E-state index in [0.717, 1.165) is 32.2 Å². The van der Waals surface area contributed by atoms with Crippen LogP contribution in [0.1, 0.15) is 24.8 Å². The van der Waals surface area contributed by atoms with E-state index in [9.17, 15) is 4.79 Å². The molecule has 0 aliphatic carbocycles. The second-order valence-corrected chi connectivity index (χ2v) is 5.90. The summed E-state index contributed by atoms with van der Waals surface area (Å²) in [6.45, 7) is 1.33. The molecule has 4 nitrogen and oxygen atoms in total. The van der Waals surface area contributed by atoms with Crippen molar-refractivity contribution in [1.29, 1.82) is 0 Å². The van der Waals surface area contributed by atoms with E-state index in [1.165, 1.54) is 5.56 Å². The van der Waals surface area contributed by atoms with Crippen molar-refractivity contribution in [2.75, 3.05) is 26.7 Å². The van der Waals surface area contributed by atoms with Gasteiger partial charge in [0.1, 0.15) is 0 Å². The first kappa shape index (κ1) is 16.0. The molecular formula is C17H26N2O2. The first-order valence-corrected chi connectivity index (χ1v) is 7.84. The number of piperidine rings is 1. The molecule has 0 radical (unpaired) electrons. The Morgan fingerprint density at radius 3 is 2.86 bits per heavy atom. The van der Waals surface area contributed by atoms with Gasteiger partial charge in [0.2, 0.25) is 5.91 Å². The average Bonchev–Trinajstić information content (AvgIpc) is 2.54. The van der Waals surface area contributed by atoms with Crippen molar-refractivity contribution in [2.45, 2.75) is 31.7 Å². The Morgan fingerprint density at radius 2 is 2.14 bits per heavy atom. The summed E-state index contributed by atoms with van der Waals surface area (Å²) in [5.74, 6) is 0.705. The number of benzene rings is 1. The summed E-state index contributed by atoms with van der Waals surface area (Å²) in [7, 11) is 1.76. The van der Waals surface area contributed by atoms with E-state index in [4.69, 9.17) is 5.11 Å². The first-order valence-electron chi connectivity index (χ1n) is 7.84. The van der Waals surface area contributed by atoms with Crippen LogP contribution >= 0.6 is 0 Å². The topological polar surface area (TPSA) is 52.6 Å². The zero-order chi connectivity index (χ0) is 15.1. The lowest BCUT2D eigenvalue weighted by Gasteiger charge is -2.32. The molecule has 1 fully saturated rings. The molecular weight excluding hydrogens is 264 g/mol. The summed E-state index contributed by atoms with van der Waals surface area (Å²) in [5.41, 5.74) is 1.37. The number of hydrogen-bond acceptors (Lipinski definition) is 3. The second-order valence-electron chi connectivity index (χ2n) is 5.90. The third-order valence-corrected chi connectivity index (χ3v) is 4.31. The Balaban J connectivity index is 1.82. The Hall–Kier alpha value is -1.39. The molecule has 1 aromatic carbocycles. The van der Waals surface area contributed by atoms with Crippen LogP contribution in [0.25, 0.3) is 0 Å². The minimum absolute atomic E-state index is 0.0202. The van der Waals surface area contributed by atoms with E-state index >= 15 is 0 Å². The number of nitrogens with zero attached hydrogens (tertiary/aromatic N) is 1. The molecule has 1 amide bonds. The molecule has 0 spiro atoms. The Morgan fingerprint density at radius 1 is 1.38 bits per heavy atom. The van der Waals surface area contributed by atoms with E-state index in [0.29, 0.717) is 12.5 Å². The molecule has 2 atom stereocenters. The Labute approximate surface area is 127 Å². The number of hydrogen-bond donors (Lipinski definition) is 2. The predicted molar refractivity (Wildman–Crippen MR) is 84.0 cm³/mol. The van der Waals surface area contributed by atoms with E-state index in [2.05, 4.69) is 29.6 Å². The van der Waals surface area contributed by atoms with Crippen LogP contribution in [0.5, 0.6) is 0 Å². The summed E-state index contributed by atoms with van der Waals surface area (Å²) in [6, 6.07) is 10.4. The minimum Gasteiger partial charge on any atom is -0.395 e. The number of aliphatic hydroxyl groups excluding tert-OH is 1. The van der Waals surface area contributed by atoms with Crippen molar-refractivity contribution < 1.29 is 9.90 Å². The zero-order valence-corrected chi connectivity index (χ0v) is 12.8. The third kappa shape index (κ3) is 4.83. The molecule has 1 heterocycles. The van der Waals surface area contributed by atoms with E-state index < -0.39 is 0 Å². The molecule has 1 aliphatic rings. The van der Waals surface area contributed by atoms with Gasteiger partial charge in [-0.1, -0.05) is 30.3 Å². The lowest BCUT2D eigenvalue weighted by Crippen LogP contribution is -2.49. The van der Waals surface area contributed by atoms with Gasteiger partial charge >= 0.3 is 0 Å². The number of aryl methyl sites for hydroxylation is 1. The van der Waals surface area contributed by atoms with E-state index in [1.54, 1.807) is 11.9 Å². The first-order chi connectivity index (χ1) is 10.2. The normalized spacial score (nSPS) is 22.0. The van der Waals surface area contributed by atoms with Crippen LogP contribution in [0.2, 0.25) is 0 Å². The number of nitrogens with one attached hydrogen (secondary N) is 1. The van der Waals surface area contributed by atoms with Crippen molar-refractivity contribution in [2.24, 2.45) is 5.92 Å². The fourth-order valence-corrected chi connectivity index (χ4v) is 2.99. The standard InChI is InChI=1S/C17H26N2O2/c1-19(11-12-20)17(21)16-13-15(9-10-18-16)8-7-14-5-3-2-4-6-14/h2-6,15-16,18,20H,7-13H2,1H3. The number of carbonyl (C=O) groups is 1. The molecule has 0 saturated carbocycles. The Kier molecular flexibility index (Phi) is 6.21. The monoisotopic (exact) mass is 290 g/mol. The lowest BCUT2D eigenvalue weighted by molar-refractivity contribution is -0.133. The maximum atomic E-state index is 12.3. The summed E-state index contributed by atoms with van der Waals surface area (Å²) < 4.78 is 0. The van der Waals surface area contributed by atoms with Crippen molar-refractivity contribution in [3.8, 4) is 0 Å². The van der Waals surface area contributed by atoms with Gasteiger partial charge in [-0.2, -0.15) is 0 Å². The third-order valence-electron chi connectivity index (χ3n) is 4.31. The van der Waals surface area contributed by atoms with Crippen LogP contribution in [0.15, 0.2) is 30.3 Å². The molecule has 2 unspecified atom stereocenters. The van der Waals surface area contributed by atoms with Crippen LogP contribution in [0.4, 0.5) is 0 Å². The van der Waals surface area contributed by atoms with Crippen LogP contribution in [0.3, 0.4) is 0 Å². The van der Waals surface area contributed by atoms with Crippen molar-refractivity contribution >= 4 is 5.91 Å². The quantitative estimate of drug-likeness (QED) is 0.833. The van der Waals surface area contributed by atoms with Gasteiger partial charge in [0.15, 0.2) is 0 Å². The van der Waals surface area contributed by atoms with Crippen LogP contribution < -0.4 is 5.32 Å². The summed E-state index contributed by atoms with van der Waals surface area (Å²) >= 11 is 0. The minimum atomic E-state index is -0.0870. The van der Waals surface area contributed by atoms with Gasteiger partial charge in [-0.3, -0.25) is 4.79 Å². The van der Waals surface area contributed by atoms with Gasteiger partial charge in [-0.25, -0.2) is 0 Å². The van der Waals surface area contributed by atoms with Crippen molar-refractivity contribution in [1.82, 2.24) is 10.2 Å². The molecule has 0 bridgehead atoms. The maximum Gasteiger partial charge on any atom is 0.239 e. The summed E-state index contributed by atoms with van der Waals surface area (Å²) in [6.07, 6.45) is 4.26. The highest BCUT2D eigenvalue weighted by Gasteiger charge is 2.28. The number of aliphatic hydroxyl groups is 1. The lowest BCUT2D eigenvalue weighted by atomic mass is 9.87. The predicted octanol–water partition coefficient (Wildman–Crippen LogP) is 1.44. The number of likely N-dealkylation sites (N-methyl/N-ethyl adjacent to an activating group) is 1. The van der Waals surface area contributed by atoms with Crippen LogP contribution in [0, 0.1) is 5.92 Å². The molecule has 0 aromatic heterocycles. The van der Waals surface area contributed by atoms with E-state index in [-0.39, 0.29) is 18.6 Å². The molecule has 1 aromatic rings. The molecule has 4 heteroatoms. The van der Waals surface area contributed by atoms with Gasteiger partial charge in [-0.15, -0.1) is 0 Å². The van der Waals surface area contributed by atoms with Gasteiger partial charge in [0.05, 0.1) is 12.6 Å². The molecule has 1 saturated heterocycles. The number of rotatable bonds is 6. The van der Waals surface area contributed by atoms with Crippen LogP contribution in [-0.4, -0.2) is 48.7 Å². The van der Waals surface area contributed by atoms with Crippen LogP contribution in [-0.2, 0) is 11.2 Å². The fraction of sp³-hybridized carbons (Fsp3) is 0.588. The summed E-state index contributed by atoms with van der Waals surface area (Å²) in [5, 5.41) is 12.2. The second kappa shape index (κ2) is 8.15. The Bertz CT molecular complexity index is 436. The number of amides is 1. The highest BCUT2D eigenvalue weighted by molar-refractivity contribution is 5.81. The summed E-state index contributed by atoms with van der Waals surface area (Å²) in [4.78, 5) is 13.9.